The zero-order chi connectivity index (χ0) is 22.1. The number of carbonyl (C=O) groups excluding carboxylic acids is 1. The Morgan fingerprint density at radius 1 is 0.906 bits per heavy atom. The molecule has 0 spiro atoms. The Morgan fingerprint density at radius 2 is 1.56 bits per heavy atom. The molecule has 0 N–H and O–H groups in total. The average molecular weight is 461 g/mol. The Morgan fingerprint density at radius 3 is 2.22 bits per heavy atom. The summed E-state index contributed by atoms with van der Waals surface area (Å²) in [6.07, 6.45) is 1.93. The van der Waals surface area contributed by atoms with E-state index in [9.17, 15) is 4.79 Å². The quantitative estimate of drug-likeness (QED) is 0.335. The summed E-state index contributed by atoms with van der Waals surface area (Å²) in [5, 5.41) is 0.487. The zero-order valence-electron chi connectivity index (χ0n) is 17.5. The fourth-order valence-corrected chi connectivity index (χ4v) is 5.83. The van der Waals surface area contributed by atoms with Crippen LogP contribution in [0.3, 0.4) is 0 Å². The van der Waals surface area contributed by atoms with Crippen molar-refractivity contribution in [1.82, 2.24) is 4.98 Å². The standard InChI is InChI=1S/C25H20N2O3S2/c1-29-18-11-7-16(8-12-18)15-22-23(28)27(25-26-20-5-3-4-6-21(20)32-25)24(31-22)17-9-13-19(30-2)14-10-17/h3-15,24H,1-2H3/b22-15-. The highest BCUT2D eigenvalue weighted by Gasteiger charge is 2.40. The summed E-state index contributed by atoms with van der Waals surface area (Å²) in [5.41, 5.74) is 2.86. The van der Waals surface area contributed by atoms with Crippen LogP contribution < -0.4 is 14.4 Å². The van der Waals surface area contributed by atoms with E-state index in [1.54, 1.807) is 19.1 Å². The predicted molar refractivity (Wildman–Crippen MR) is 131 cm³/mol. The third-order valence-corrected chi connectivity index (χ3v) is 7.49. The molecule has 1 atom stereocenters. The van der Waals surface area contributed by atoms with Crippen molar-refractivity contribution in [3.63, 3.8) is 0 Å². The van der Waals surface area contributed by atoms with Gasteiger partial charge in [-0.15, -0.1) is 0 Å². The van der Waals surface area contributed by atoms with Crippen LogP contribution in [0.5, 0.6) is 11.5 Å². The minimum atomic E-state index is -0.210. The van der Waals surface area contributed by atoms with Crippen LogP contribution in [0.4, 0.5) is 5.13 Å². The van der Waals surface area contributed by atoms with Crippen molar-refractivity contribution in [3.8, 4) is 11.5 Å². The molecule has 5 nitrogen and oxygen atoms in total. The van der Waals surface area contributed by atoms with Crippen LogP contribution in [0.2, 0.25) is 0 Å². The van der Waals surface area contributed by atoms with Crippen molar-refractivity contribution in [2.24, 2.45) is 0 Å². The SMILES string of the molecule is COc1ccc(/C=C2\SC(c3ccc(OC)cc3)N(c3nc4ccccc4s3)C2=O)cc1. The van der Waals surface area contributed by atoms with Crippen molar-refractivity contribution in [3.05, 3.63) is 88.8 Å². The molecule has 1 amide bonds. The van der Waals surface area contributed by atoms with Gasteiger partial charge >= 0.3 is 0 Å². The maximum Gasteiger partial charge on any atom is 0.267 e. The highest BCUT2D eigenvalue weighted by Crippen LogP contribution is 2.49. The third kappa shape index (κ3) is 3.85. The highest BCUT2D eigenvalue weighted by molar-refractivity contribution is 8.05. The number of anilines is 1. The predicted octanol–water partition coefficient (Wildman–Crippen LogP) is 6.13. The van der Waals surface area contributed by atoms with E-state index in [4.69, 9.17) is 14.5 Å². The molecule has 2 heterocycles. The number of thiazole rings is 1. The fraction of sp³-hybridized carbons (Fsp3) is 0.120. The summed E-state index contributed by atoms with van der Waals surface area (Å²) in [4.78, 5) is 20.8. The minimum Gasteiger partial charge on any atom is -0.497 e. The van der Waals surface area contributed by atoms with Gasteiger partial charge in [0.1, 0.15) is 16.9 Å². The second kappa shape index (κ2) is 8.68. The van der Waals surface area contributed by atoms with E-state index >= 15 is 0 Å². The molecule has 7 heteroatoms. The van der Waals surface area contributed by atoms with E-state index in [0.29, 0.717) is 10.0 Å². The largest absolute Gasteiger partial charge is 0.497 e. The number of methoxy groups -OCH3 is 2. The Balaban J connectivity index is 1.56. The lowest BCUT2D eigenvalue weighted by Gasteiger charge is -2.21. The average Bonchev–Trinajstić information content (AvgIpc) is 3.40. The molecule has 1 saturated heterocycles. The number of benzene rings is 3. The summed E-state index contributed by atoms with van der Waals surface area (Å²) in [6, 6.07) is 23.5. The van der Waals surface area contributed by atoms with Crippen molar-refractivity contribution < 1.29 is 14.3 Å². The summed E-state index contributed by atoms with van der Waals surface area (Å²) in [6.45, 7) is 0. The molecule has 160 valence electrons. The van der Waals surface area contributed by atoms with Crippen molar-refractivity contribution in [2.75, 3.05) is 19.1 Å². The van der Waals surface area contributed by atoms with Crippen LogP contribution in [-0.2, 0) is 4.79 Å². The first kappa shape index (κ1) is 20.6. The van der Waals surface area contributed by atoms with Gasteiger partial charge in [-0.3, -0.25) is 9.69 Å². The summed E-state index contributed by atoms with van der Waals surface area (Å²) >= 11 is 3.06. The number of fused-ring (bicyclic) bond motifs is 1. The van der Waals surface area contributed by atoms with Crippen LogP contribution in [0, 0.1) is 0 Å². The second-order valence-electron chi connectivity index (χ2n) is 7.16. The van der Waals surface area contributed by atoms with E-state index in [-0.39, 0.29) is 11.3 Å². The molecule has 1 fully saturated rings. The smallest absolute Gasteiger partial charge is 0.267 e. The zero-order valence-corrected chi connectivity index (χ0v) is 19.2. The van der Waals surface area contributed by atoms with Gasteiger partial charge in [-0.1, -0.05) is 59.5 Å². The van der Waals surface area contributed by atoms with Crippen LogP contribution in [0.15, 0.2) is 77.7 Å². The number of carbonyl (C=O) groups is 1. The minimum absolute atomic E-state index is 0.0503. The number of rotatable bonds is 5. The molecule has 1 aromatic heterocycles. The molecule has 1 aliphatic rings. The normalized spacial score (nSPS) is 17.3. The van der Waals surface area contributed by atoms with E-state index in [0.717, 1.165) is 32.8 Å². The fourth-order valence-electron chi connectivity index (χ4n) is 3.53. The van der Waals surface area contributed by atoms with Crippen LogP contribution in [-0.4, -0.2) is 25.1 Å². The number of hydrogen-bond donors (Lipinski definition) is 0. The van der Waals surface area contributed by atoms with E-state index < -0.39 is 0 Å². The van der Waals surface area contributed by atoms with Crippen LogP contribution in [0.1, 0.15) is 16.5 Å². The van der Waals surface area contributed by atoms with Gasteiger partial charge in [-0.25, -0.2) is 4.98 Å². The summed E-state index contributed by atoms with van der Waals surface area (Å²) < 4.78 is 11.6. The molecule has 0 saturated carbocycles. The number of nitrogens with zero attached hydrogens (tertiary/aromatic N) is 2. The molecule has 0 aliphatic carbocycles. The van der Waals surface area contributed by atoms with E-state index in [1.807, 2.05) is 78.9 Å². The summed E-state index contributed by atoms with van der Waals surface area (Å²) in [5.74, 6) is 1.51. The highest BCUT2D eigenvalue weighted by atomic mass is 32.2. The Bertz CT molecular complexity index is 1260. The number of hydrogen-bond acceptors (Lipinski definition) is 6. The Hall–Kier alpha value is -3.29. The Kier molecular flexibility index (Phi) is 5.59. The third-order valence-electron chi connectivity index (χ3n) is 5.21. The molecular formula is C25H20N2O3S2. The first-order valence-corrected chi connectivity index (χ1v) is 11.7. The number of aromatic nitrogens is 1. The maximum atomic E-state index is 13.6. The second-order valence-corrected chi connectivity index (χ2v) is 9.30. The maximum absolute atomic E-state index is 13.6. The van der Waals surface area contributed by atoms with Gasteiger partial charge in [0.25, 0.3) is 5.91 Å². The molecule has 3 aromatic carbocycles. The molecule has 0 radical (unpaired) electrons. The molecule has 1 aliphatic heterocycles. The van der Waals surface area contributed by atoms with E-state index in [2.05, 4.69) is 0 Å². The van der Waals surface area contributed by atoms with Crippen molar-refractivity contribution in [2.45, 2.75) is 5.37 Å². The van der Waals surface area contributed by atoms with Crippen LogP contribution >= 0.6 is 23.1 Å². The lowest BCUT2D eigenvalue weighted by molar-refractivity contribution is -0.114. The van der Waals surface area contributed by atoms with Gasteiger partial charge < -0.3 is 9.47 Å². The molecule has 0 bridgehead atoms. The van der Waals surface area contributed by atoms with Gasteiger partial charge in [0.2, 0.25) is 0 Å². The lowest BCUT2D eigenvalue weighted by atomic mass is 10.2. The van der Waals surface area contributed by atoms with Crippen molar-refractivity contribution >= 4 is 50.4 Å². The van der Waals surface area contributed by atoms with Gasteiger partial charge in [0, 0.05) is 0 Å². The topological polar surface area (TPSA) is 51.7 Å². The van der Waals surface area contributed by atoms with Gasteiger partial charge in [0.15, 0.2) is 5.13 Å². The monoisotopic (exact) mass is 460 g/mol. The number of amides is 1. The lowest BCUT2D eigenvalue weighted by Crippen LogP contribution is -2.27. The van der Waals surface area contributed by atoms with E-state index in [1.165, 1.54) is 23.1 Å². The van der Waals surface area contributed by atoms with Crippen LogP contribution in [0.25, 0.3) is 16.3 Å². The summed E-state index contributed by atoms with van der Waals surface area (Å²) in [7, 11) is 3.28. The number of ether oxygens (including phenoxy) is 2. The number of thioether (sulfide) groups is 1. The van der Waals surface area contributed by atoms with Crippen molar-refractivity contribution in [1.29, 1.82) is 0 Å². The molecule has 5 rings (SSSR count). The van der Waals surface area contributed by atoms with Gasteiger partial charge in [-0.2, -0.15) is 0 Å². The molecule has 4 aromatic rings. The number of para-hydroxylation sites is 1. The molecular weight excluding hydrogens is 440 g/mol. The molecule has 1 unspecified atom stereocenters. The van der Waals surface area contributed by atoms with Gasteiger partial charge in [0.05, 0.1) is 29.3 Å². The first-order valence-electron chi connectivity index (χ1n) is 10.0. The van der Waals surface area contributed by atoms with Gasteiger partial charge in [-0.05, 0) is 53.6 Å². The molecule has 32 heavy (non-hydrogen) atoms. The first-order chi connectivity index (χ1) is 15.7. The Labute approximate surface area is 194 Å².